The molecule has 0 spiro atoms. The van der Waals surface area contributed by atoms with Crippen LogP contribution in [0, 0.1) is 6.92 Å². The maximum absolute atomic E-state index is 12.9. The molecule has 150 valence electrons. The molecule has 1 aliphatic rings. The molecule has 1 aliphatic heterocycles. The van der Waals surface area contributed by atoms with E-state index in [0.29, 0.717) is 12.5 Å². The third kappa shape index (κ3) is 4.16. The minimum absolute atomic E-state index is 0.0415. The second kappa shape index (κ2) is 8.47. The zero-order valence-corrected chi connectivity index (χ0v) is 16.9. The van der Waals surface area contributed by atoms with Crippen molar-refractivity contribution < 1.29 is 9.53 Å². The number of carbonyl (C=O) groups excluding carboxylic acids is 1. The Kier molecular flexibility index (Phi) is 5.60. The van der Waals surface area contributed by atoms with Crippen LogP contribution in [0.4, 0.5) is 5.95 Å². The molecule has 3 aromatic rings. The number of hydrogen-bond acceptors (Lipinski definition) is 5. The van der Waals surface area contributed by atoms with E-state index in [2.05, 4.69) is 10.3 Å². The van der Waals surface area contributed by atoms with Gasteiger partial charge < -0.3 is 15.0 Å². The summed E-state index contributed by atoms with van der Waals surface area (Å²) in [6.45, 7) is 3.38. The smallest absolute Gasteiger partial charge is 0.242 e. The summed E-state index contributed by atoms with van der Waals surface area (Å²) in [7, 11) is 1.66. The van der Waals surface area contributed by atoms with Crippen molar-refractivity contribution in [2.75, 3.05) is 25.1 Å². The maximum Gasteiger partial charge on any atom is 0.242 e. The van der Waals surface area contributed by atoms with Crippen molar-refractivity contribution in [3.63, 3.8) is 0 Å². The molecule has 1 aromatic heterocycles. The van der Waals surface area contributed by atoms with Gasteiger partial charge in [0.25, 0.3) is 0 Å². The number of carbonyl (C=O) groups is 1. The summed E-state index contributed by atoms with van der Waals surface area (Å²) in [5.41, 5.74) is 3.00. The fraction of sp³-hybridized carbons (Fsp3) is 0.348. The van der Waals surface area contributed by atoms with Crippen molar-refractivity contribution in [1.29, 1.82) is 0 Å². The topological polar surface area (TPSA) is 67.3 Å². The largest absolute Gasteiger partial charge is 0.497 e. The number of benzene rings is 2. The molecule has 1 fully saturated rings. The number of nitrogens with one attached hydrogen (secondary N) is 1. The predicted molar refractivity (Wildman–Crippen MR) is 114 cm³/mol. The van der Waals surface area contributed by atoms with Gasteiger partial charge in [-0.05, 0) is 49.9 Å². The Morgan fingerprint density at radius 1 is 1.21 bits per heavy atom. The SMILES string of the molecule is COc1cccc(CCNC(=O)C2CCCN2c2nc(C)c3ccccc3n2)c1. The Bertz CT molecular complexity index is 1020. The maximum atomic E-state index is 12.9. The van der Waals surface area contributed by atoms with Crippen LogP contribution < -0.4 is 15.0 Å². The molecule has 1 N–H and O–H groups in total. The van der Waals surface area contributed by atoms with E-state index in [1.165, 1.54) is 0 Å². The average molecular weight is 390 g/mol. The predicted octanol–water partition coefficient (Wildman–Crippen LogP) is 3.27. The fourth-order valence-corrected chi connectivity index (χ4v) is 3.90. The third-order valence-corrected chi connectivity index (χ3v) is 5.44. The second-order valence-corrected chi connectivity index (χ2v) is 7.37. The summed E-state index contributed by atoms with van der Waals surface area (Å²) in [6.07, 6.45) is 2.55. The summed E-state index contributed by atoms with van der Waals surface area (Å²) in [5.74, 6) is 1.52. The van der Waals surface area contributed by atoms with Gasteiger partial charge in [-0.25, -0.2) is 9.97 Å². The van der Waals surface area contributed by atoms with E-state index < -0.39 is 0 Å². The quantitative estimate of drug-likeness (QED) is 0.700. The van der Waals surface area contributed by atoms with E-state index in [0.717, 1.165) is 53.7 Å². The summed E-state index contributed by atoms with van der Waals surface area (Å²) >= 11 is 0. The second-order valence-electron chi connectivity index (χ2n) is 7.37. The molecule has 1 unspecified atom stereocenters. The lowest BCUT2D eigenvalue weighted by Crippen LogP contribution is -2.44. The van der Waals surface area contributed by atoms with Gasteiger partial charge >= 0.3 is 0 Å². The minimum atomic E-state index is -0.221. The highest BCUT2D eigenvalue weighted by atomic mass is 16.5. The molecule has 6 heteroatoms. The van der Waals surface area contributed by atoms with Gasteiger partial charge in [-0.15, -0.1) is 0 Å². The normalized spacial score (nSPS) is 16.2. The number of nitrogens with zero attached hydrogens (tertiary/aromatic N) is 3. The first kappa shape index (κ1) is 19.2. The first-order valence-electron chi connectivity index (χ1n) is 10.1. The van der Waals surface area contributed by atoms with Gasteiger partial charge in [0.05, 0.1) is 18.3 Å². The summed E-state index contributed by atoms with van der Waals surface area (Å²) in [5, 5.41) is 4.14. The standard InChI is InChI=1S/C23H26N4O2/c1-16-19-9-3-4-10-20(19)26-23(25-16)27-14-6-11-21(27)22(28)24-13-12-17-7-5-8-18(15-17)29-2/h3-5,7-10,15,21H,6,11-14H2,1-2H3,(H,24,28). The van der Waals surface area contributed by atoms with Crippen LogP contribution in [0.2, 0.25) is 0 Å². The zero-order valence-electron chi connectivity index (χ0n) is 16.9. The number of para-hydroxylation sites is 1. The van der Waals surface area contributed by atoms with E-state index in [1.807, 2.05) is 60.4 Å². The van der Waals surface area contributed by atoms with E-state index in [9.17, 15) is 4.79 Å². The van der Waals surface area contributed by atoms with Gasteiger partial charge in [0, 0.05) is 18.5 Å². The highest BCUT2D eigenvalue weighted by molar-refractivity contribution is 5.86. The van der Waals surface area contributed by atoms with Gasteiger partial charge in [0.15, 0.2) is 0 Å². The molecule has 29 heavy (non-hydrogen) atoms. The molecule has 6 nitrogen and oxygen atoms in total. The lowest BCUT2D eigenvalue weighted by Gasteiger charge is -2.24. The van der Waals surface area contributed by atoms with Crippen LogP contribution in [0.5, 0.6) is 5.75 Å². The minimum Gasteiger partial charge on any atom is -0.497 e. The van der Waals surface area contributed by atoms with E-state index in [4.69, 9.17) is 9.72 Å². The average Bonchev–Trinajstić information content (AvgIpc) is 3.24. The van der Waals surface area contributed by atoms with Crippen LogP contribution in [-0.2, 0) is 11.2 Å². The number of ether oxygens (including phenoxy) is 1. The number of aryl methyl sites for hydroxylation is 1. The van der Waals surface area contributed by atoms with Crippen molar-refractivity contribution in [3.05, 3.63) is 59.8 Å². The molecule has 0 bridgehead atoms. The van der Waals surface area contributed by atoms with Crippen molar-refractivity contribution in [2.24, 2.45) is 0 Å². The van der Waals surface area contributed by atoms with Crippen LogP contribution in [-0.4, -0.2) is 42.1 Å². The summed E-state index contributed by atoms with van der Waals surface area (Å²) in [6, 6.07) is 15.7. The Hall–Kier alpha value is -3.15. The van der Waals surface area contributed by atoms with Crippen LogP contribution in [0.15, 0.2) is 48.5 Å². The Morgan fingerprint density at radius 3 is 2.93 bits per heavy atom. The summed E-state index contributed by atoms with van der Waals surface area (Å²) < 4.78 is 5.26. The monoisotopic (exact) mass is 390 g/mol. The van der Waals surface area contributed by atoms with Gasteiger partial charge in [0.2, 0.25) is 11.9 Å². The van der Waals surface area contributed by atoms with Crippen LogP contribution in [0.1, 0.15) is 24.1 Å². The third-order valence-electron chi connectivity index (χ3n) is 5.44. The van der Waals surface area contributed by atoms with Crippen LogP contribution in [0.3, 0.4) is 0 Å². The molecule has 4 rings (SSSR count). The van der Waals surface area contributed by atoms with Gasteiger partial charge in [-0.1, -0.05) is 30.3 Å². The number of hydrogen-bond donors (Lipinski definition) is 1. The van der Waals surface area contributed by atoms with Crippen LogP contribution >= 0.6 is 0 Å². The lowest BCUT2D eigenvalue weighted by atomic mass is 10.1. The van der Waals surface area contributed by atoms with Crippen molar-refractivity contribution in [3.8, 4) is 5.75 Å². The lowest BCUT2D eigenvalue weighted by molar-refractivity contribution is -0.122. The molecule has 2 heterocycles. The Balaban J connectivity index is 1.43. The highest BCUT2D eigenvalue weighted by Gasteiger charge is 2.32. The van der Waals surface area contributed by atoms with Gasteiger partial charge in [0.1, 0.15) is 11.8 Å². The molecule has 1 amide bonds. The molecular weight excluding hydrogens is 364 g/mol. The number of methoxy groups -OCH3 is 1. The first-order chi connectivity index (χ1) is 14.2. The summed E-state index contributed by atoms with van der Waals surface area (Å²) in [4.78, 5) is 24.3. The number of rotatable bonds is 6. The van der Waals surface area contributed by atoms with Crippen molar-refractivity contribution >= 4 is 22.8 Å². The van der Waals surface area contributed by atoms with E-state index >= 15 is 0 Å². The molecular formula is C23H26N4O2. The number of anilines is 1. The molecule has 0 aliphatic carbocycles. The van der Waals surface area contributed by atoms with E-state index in [-0.39, 0.29) is 11.9 Å². The number of aromatic nitrogens is 2. The molecule has 2 aromatic carbocycles. The fourth-order valence-electron chi connectivity index (χ4n) is 3.90. The first-order valence-corrected chi connectivity index (χ1v) is 10.1. The van der Waals surface area contributed by atoms with Gasteiger partial charge in [-0.3, -0.25) is 4.79 Å². The van der Waals surface area contributed by atoms with Crippen LogP contribution in [0.25, 0.3) is 10.9 Å². The van der Waals surface area contributed by atoms with E-state index in [1.54, 1.807) is 7.11 Å². The van der Waals surface area contributed by atoms with Crippen molar-refractivity contribution in [2.45, 2.75) is 32.2 Å². The molecule has 1 atom stereocenters. The number of fused-ring (bicyclic) bond motifs is 1. The number of amides is 1. The molecule has 0 saturated carbocycles. The van der Waals surface area contributed by atoms with Crippen molar-refractivity contribution in [1.82, 2.24) is 15.3 Å². The highest BCUT2D eigenvalue weighted by Crippen LogP contribution is 2.25. The Labute approximate surface area is 170 Å². The Morgan fingerprint density at radius 2 is 2.07 bits per heavy atom. The van der Waals surface area contributed by atoms with Gasteiger partial charge in [-0.2, -0.15) is 0 Å². The molecule has 0 radical (unpaired) electrons. The molecule has 1 saturated heterocycles. The zero-order chi connectivity index (χ0) is 20.2.